The van der Waals surface area contributed by atoms with Gasteiger partial charge in [0.05, 0.1) is 10.6 Å². The number of aromatic nitrogens is 1. The van der Waals surface area contributed by atoms with Crippen molar-refractivity contribution in [3.8, 4) is 5.75 Å². The second-order valence-corrected chi connectivity index (χ2v) is 7.23. The molecule has 0 spiro atoms. The Morgan fingerprint density at radius 2 is 1.66 bits per heavy atom. The van der Waals surface area contributed by atoms with Crippen LogP contribution in [-0.4, -0.2) is 34.2 Å². The monoisotopic (exact) mass is 473 g/mol. The number of carboxylic acids is 1. The number of pyridine rings is 1. The second-order valence-electron chi connectivity index (χ2n) is 5.91. The minimum atomic E-state index is -1.16. The van der Waals surface area contributed by atoms with Gasteiger partial charge in [-0.1, -0.05) is 33.6 Å². The first-order chi connectivity index (χ1) is 13.9. The van der Waals surface area contributed by atoms with Crippen LogP contribution in [-0.2, 0) is 4.79 Å². The van der Waals surface area contributed by atoms with E-state index in [2.05, 4.69) is 20.9 Å². The van der Waals surface area contributed by atoms with Crippen molar-refractivity contribution < 1.29 is 24.2 Å². The maximum absolute atomic E-state index is 13.0. The molecule has 0 aliphatic heterocycles. The van der Waals surface area contributed by atoms with Crippen LogP contribution in [0.5, 0.6) is 5.75 Å². The summed E-state index contributed by atoms with van der Waals surface area (Å²) in [6.07, 6.45) is 3.03. The van der Waals surface area contributed by atoms with Crippen LogP contribution >= 0.6 is 27.5 Å². The Morgan fingerprint density at radius 3 is 2.31 bits per heavy atom. The Balaban J connectivity index is 1.93. The van der Waals surface area contributed by atoms with E-state index in [0.717, 1.165) is 0 Å². The zero-order chi connectivity index (χ0) is 21.0. The molecule has 0 saturated heterocycles. The molecule has 0 amide bonds. The van der Waals surface area contributed by atoms with Crippen molar-refractivity contribution in [2.45, 2.75) is 0 Å². The summed E-state index contributed by atoms with van der Waals surface area (Å²) in [5, 5.41) is 8.92. The molecule has 146 valence electrons. The van der Waals surface area contributed by atoms with Crippen LogP contribution < -0.4 is 4.74 Å². The molecule has 3 aromatic rings. The molecule has 8 heteroatoms. The van der Waals surface area contributed by atoms with E-state index in [1.165, 1.54) is 42.7 Å². The van der Waals surface area contributed by atoms with Crippen LogP contribution in [0.15, 0.2) is 65.4 Å². The third-order valence-corrected chi connectivity index (χ3v) is 4.76. The highest BCUT2D eigenvalue weighted by atomic mass is 79.9. The Bertz CT molecular complexity index is 1100. The molecule has 1 heterocycles. The van der Waals surface area contributed by atoms with Crippen molar-refractivity contribution in [3.05, 3.63) is 92.7 Å². The largest absolute Gasteiger partial charge is 0.481 e. The number of ether oxygens (including phenoxy) is 1. The number of nitrogens with zero attached hydrogens (tertiary/aromatic N) is 1. The minimum absolute atomic E-state index is 0.0964. The third kappa shape index (κ3) is 4.88. The number of aliphatic carboxylic acids is 1. The Kier molecular flexibility index (Phi) is 6.41. The van der Waals surface area contributed by atoms with Crippen molar-refractivity contribution in [3.63, 3.8) is 0 Å². The topological polar surface area (TPSA) is 93.6 Å². The first-order valence-corrected chi connectivity index (χ1v) is 9.47. The number of carbonyl (C=O) groups is 3. The fourth-order valence-corrected chi connectivity index (χ4v) is 3.23. The second kappa shape index (κ2) is 8.98. The van der Waals surface area contributed by atoms with E-state index in [1.54, 1.807) is 18.2 Å². The lowest BCUT2D eigenvalue weighted by Gasteiger charge is -2.11. The van der Waals surface area contributed by atoms with Crippen LogP contribution in [0.3, 0.4) is 0 Å². The summed E-state index contributed by atoms with van der Waals surface area (Å²) >= 11 is 9.58. The van der Waals surface area contributed by atoms with E-state index < -0.39 is 18.4 Å². The summed E-state index contributed by atoms with van der Waals surface area (Å²) in [4.78, 5) is 40.2. The van der Waals surface area contributed by atoms with Gasteiger partial charge < -0.3 is 9.84 Å². The number of hydrogen-bond acceptors (Lipinski definition) is 5. The van der Waals surface area contributed by atoms with Gasteiger partial charge in [0, 0.05) is 33.6 Å². The van der Waals surface area contributed by atoms with Crippen molar-refractivity contribution in [2.75, 3.05) is 6.61 Å². The molecule has 29 heavy (non-hydrogen) atoms. The van der Waals surface area contributed by atoms with Gasteiger partial charge in [0.1, 0.15) is 5.75 Å². The highest BCUT2D eigenvalue weighted by Gasteiger charge is 2.20. The van der Waals surface area contributed by atoms with Gasteiger partial charge >= 0.3 is 5.97 Å². The lowest BCUT2D eigenvalue weighted by Crippen LogP contribution is -2.13. The third-order valence-electron chi connectivity index (χ3n) is 3.96. The number of carboxylic acid groups (broad SMARTS) is 1. The lowest BCUT2D eigenvalue weighted by atomic mass is 9.98. The number of ketones is 2. The molecule has 0 unspecified atom stereocenters. The number of rotatable bonds is 7. The standard InChI is InChI=1S/C21H13BrClNO5/c22-14-2-4-18(29-11-19(25)26)16(10-14)21(28)15-3-1-13(9-17(15)23)20(27)12-5-7-24-8-6-12/h1-10H,11H2,(H,25,26). The van der Waals surface area contributed by atoms with E-state index in [0.29, 0.717) is 15.6 Å². The molecular weight excluding hydrogens is 462 g/mol. The van der Waals surface area contributed by atoms with Gasteiger partial charge in [-0.15, -0.1) is 0 Å². The van der Waals surface area contributed by atoms with Crippen LogP contribution in [0.2, 0.25) is 5.02 Å². The molecule has 0 fully saturated rings. The van der Waals surface area contributed by atoms with E-state index in [-0.39, 0.29) is 27.7 Å². The smallest absolute Gasteiger partial charge is 0.341 e. The molecule has 1 aromatic heterocycles. The molecule has 0 bridgehead atoms. The summed E-state index contributed by atoms with van der Waals surface area (Å²) in [6.45, 7) is -0.588. The number of halogens is 2. The molecule has 2 aromatic carbocycles. The van der Waals surface area contributed by atoms with Crippen molar-refractivity contribution in [1.82, 2.24) is 4.98 Å². The summed E-state index contributed by atoms with van der Waals surface area (Å²) in [7, 11) is 0. The Hall–Kier alpha value is -3.03. The predicted molar refractivity (Wildman–Crippen MR) is 110 cm³/mol. The van der Waals surface area contributed by atoms with Crippen molar-refractivity contribution in [1.29, 1.82) is 0 Å². The summed E-state index contributed by atoms with van der Waals surface area (Å²) in [6, 6.07) is 12.2. The number of benzene rings is 2. The fraction of sp³-hybridized carbons (Fsp3) is 0.0476. The molecule has 0 aliphatic rings. The summed E-state index contributed by atoms with van der Waals surface area (Å²) < 4.78 is 5.83. The molecule has 0 radical (unpaired) electrons. The molecule has 6 nitrogen and oxygen atoms in total. The SMILES string of the molecule is O=C(O)COc1ccc(Br)cc1C(=O)c1ccc(C(=O)c2ccncc2)cc1Cl. The van der Waals surface area contributed by atoms with Crippen LogP contribution in [0, 0.1) is 0 Å². The van der Waals surface area contributed by atoms with Gasteiger partial charge in [0.25, 0.3) is 0 Å². The van der Waals surface area contributed by atoms with Crippen LogP contribution in [0.4, 0.5) is 0 Å². The van der Waals surface area contributed by atoms with Crippen molar-refractivity contribution in [2.24, 2.45) is 0 Å². The Labute approximate surface area is 179 Å². The molecule has 1 N–H and O–H groups in total. The molecule has 0 saturated carbocycles. The number of carbonyl (C=O) groups excluding carboxylic acids is 2. The van der Waals surface area contributed by atoms with Gasteiger partial charge in [-0.2, -0.15) is 0 Å². The predicted octanol–water partition coefficient (Wildman–Crippen LogP) is 4.42. The van der Waals surface area contributed by atoms with Crippen molar-refractivity contribution >= 4 is 45.1 Å². The molecular formula is C21H13BrClNO5. The zero-order valence-electron chi connectivity index (χ0n) is 14.8. The highest BCUT2D eigenvalue weighted by molar-refractivity contribution is 9.10. The lowest BCUT2D eigenvalue weighted by molar-refractivity contribution is -0.139. The molecule has 0 aliphatic carbocycles. The number of hydrogen-bond donors (Lipinski definition) is 1. The quantitative estimate of drug-likeness (QED) is 0.509. The average molecular weight is 475 g/mol. The van der Waals surface area contributed by atoms with E-state index in [1.807, 2.05) is 0 Å². The first kappa shape index (κ1) is 20.7. The first-order valence-electron chi connectivity index (χ1n) is 8.30. The highest BCUT2D eigenvalue weighted by Crippen LogP contribution is 2.29. The van der Waals surface area contributed by atoms with Gasteiger partial charge in [-0.3, -0.25) is 14.6 Å². The molecule has 0 atom stereocenters. The van der Waals surface area contributed by atoms with Gasteiger partial charge in [-0.25, -0.2) is 4.79 Å². The average Bonchev–Trinajstić information content (AvgIpc) is 2.72. The normalized spacial score (nSPS) is 10.4. The summed E-state index contributed by atoms with van der Waals surface area (Å²) in [5.74, 6) is -1.75. The van der Waals surface area contributed by atoms with E-state index in [4.69, 9.17) is 21.4 Å². The molecule has 3 rings (SSSR count). The van der Waals surface area contributed by atoms with E-state index in [9.17, 15) is 14.4 Å². The van der Waals surface area contributed by atoms with Crippen LogP contribution in [0.25, 0.3) is 0 Å². The van der Waals surface area contributed by atoms with Crippen LogP contribution in [0.1, 0.15) is 31.8 Å². The summed E-state index contributed by atoms with van der Waals surface area (Å²) in [5.41, 5.74) is 1.09. The van der Waals surface area contributed by atoms with Gasteiger partial charge in [0.2, 0.25) is 0 Å². The Morgan fingerprint density at radius 1 is 0.931 bits per heavy atom. The maximum atomic E-state index is 13.0. The zero-order valence-corrected chi connectivity index (χ0v) is 17.1. The van der Waals surface area contributed by atoms with Gasteiger partial charge in [-0.05, 0) is 42.5 Å². The maximum Gasteiger partial charge on any atom is 0.341 e. The minimum Gasteiger partial charge on any atom is -0.481 e. The van der Waals surface area contributed by atoms with Gasteiger partial charge in [0.15, 0.2) is 18.2 Å². The van der Waals surface area contributed by atoms with E-state index >= 15 is 0 Å². The fourth-order valence-electron chi connectivity index (χ4n) is 2.60.